The van der Waals surface area contributed by atoms with Crippen LogP contribution in [0, 0.1) is 0 Å². The molecule has 1 heterocycles. The maximum absolute atomic E-state index is 12.7. The summed E-state index contributed by atoms with van der Waals surface area (Å²) in [5, 5.41) is 12.8. The van der Waals surface area contributed by atoms with Crippen molar-refractivity contribution in [2.75, 3.05) is 0 Å². The summed E-state index contributed by atoms with van der Waals surface area (Å²) in [6.07, 6.45) is -5.66. The van der Waals surface area contributed by atoms with E-state index in [-0.39, 0.29) is 5.71 Å². The van der Waals surface area contributed by atoms with E-state index in [4.69, 9.17) is 4.74 Å². The van der Waals surface area contributed by atoms with Crippen molar-refractivity contribution in [1.82, 2.24) is 0 Å². The summed E-state index contributed by atoms with van der Waals surface area (Å²) < 4.78 is 43.7. The number of benzene rings is 2. The van der Waals surface area contributed by atoms with Gasteiger partial charge in [0, 0.05) is 0 Å². The lowest BCUT2D eigenvalue weighted by atomic mass is 10.0. The van der Waals surface area contributed by atoms with Crippen LogP contribution in [0.5, 0.6) is 5.75 Å². The van der Waals surface area contributed by atoms with Gasteiger partial charge in [0.25, 0.3) is 0 Å². The topological polar surface area (TPSA) is 51.0 Å². The Hall–Kier alpha value is -2.54. The van der Waals surface area contributed by atoms with Gasteiger partial charge in [0.2, 0.25) is 0 Å². The normalized spacial score (nSPS) is 20.4. The van der Waals surface area contributed by atoms with Gasteiger partial charge in [0.1, 0.15) is 12.4 Å². The molecule has 0 bridgehead atoms. The van der Waals surface area contributed by atoms with Gasteiger partial charge >= 0.3 is 12.0 Å². The van der Waals surface area contributed by atoms with Crippen LogP contribution in [-0.4, -0.2) is 22.8 Å². The first-order chi connectivity index (χ1) is 11.4. The number of halogens is 3. The molecule has 24 heavy (non-hydrogen) atoms. The van der Waals surface area contributed by atoms with Gasteiger partial charge in [0.05, 0.1) is 12.1 Å². The van der Waals surface area contributed by atoms with E-state index in [1.54, 1.807) is 24.3 Å². The lowest BCUT2D eigenvalue weighted by Gasteiger charge is -2.22. The van der Waals surface area contributed by atoms with Gasteiger partial charge in [-0.3, -0.25) is 0 Å². The average Bonchev–Trinajstić information content (AvgIpc) is 2.98. The highest BCUT2D eigenvalue weighted by Crippen LogP contribution is 2.39. The maximum Gasteiger partial charge on any atom is 0.458 e. The Balaban J connectivity index is 1.63. The molecule has 0 amide bonds. The van der Waals surface area contributed by atoms with E-state index in [1.165, 1.54) is 0 Å². The Bertz CT molecular complexity index is 729. The molecule has 1 aliphatic heterocycles. The zero-order valence-electron chi connectivity index (χ0n) is 12.5. The van der Waals surface area contributed by atoms with Crippen LogP contribution in [0.1, 0.15) is 17.5 Å². The van der Waals surface area contributed by atoms with Crippen LogP contribution in [-0.2, 0) is 11.4 Å². The minimum absolute atomic E-state index is 0.0319. The minimum atomic E-state index is -4.91. The van der Waals surface area contributed by atoms with Gasteiger partial charge in [-0.05, 0) is 35.4 Å². The molecule has 1 N–H and O–H groups in total. The monoisotopic (exact) mass is 337 g/mol. The van der Waals surface area contributed by atoms with Gasteiger partial charge in [-0.15, -0.1) is 0 Å². The number of hydrogen-bond acceptors (Lipinski definition) is 4. The summed E-state index contributed by atoms with van der Waals surface area (Å²) in [6.45, 7) is 0.387. The molecule has 0 fully saturated rings. The number of alkyl halides is 3. The van der Waals surface area contributed by atoms with Crippen LogP contribution in [0.15, 0.2) is 59.8 Å². The Kier molecular flexibility index (Phi) is 4.19. The molecule has 0 spiro atoms. The van der Waals surface area contributed by atoms with E-state index in [9.17, 15) is 18.3 Å². The molecule has 4 nitrogen and oxygen atoms in total. The van der Waals surface area contributed by atoms with E-state index >= 15 is 0 Å². The van der Waals surface area contributed by atoms with E-state index < -0.39 is 18.4 Å². The summed E-state index contributed by atoms with van der Waals surface area (Å²) in [4.78, 5) is 4.19. The van der Waals surface area contributed by atoms with Gasteiger partial charge in [-0.2, -0.15) is 13.2 Å². The summed E-state index contributed by atoms with van der Waals surface area (Å²) in [6, 6.07) is 16.0. The van der Waals surface area contributed by atoms with Crippen molar-refractivity contribution in [3.05, 3.63) is 65.7 Å². The van der Waals surface area contributed by atoms with Crippen molar-refractivity contribution in [1.29, 1.82) is 0 Å². The second-order valence-electron chi connectivity index (χ2n) is 5.39. The fraction of sp³-hybridized carbons (Fsp3) is 0.235. The van der Waals surface area contributed by atoms with Crippen molar-refractivity contribution in [2.24, 2.45) is 5.16 Å². The first kappa shape index (κ1) is 16.3. The van der Waals surface area contributed by atoms with Crippen molar-refractivity contribution in [3.8, 4) is 5.75 Å². The highest BCUT2D eigenvalue weighted by molar-refractivity contribution is 6.01. The Morgan fingerprint density at radius 1 is 1.08 bits per heavy atom. The number of nitrogens with zero attached hydrogens (tertiary/aromatic N) is 1. The smallest absolute Gasteiger partial charge is 0.458 e. The number of aliphatic hydroxyl groups is 1. The molecule has 3 rings (SSSR count). The fourth-order valence-corrected chi connectivity index (χ4v) is 2.21. The number of ether oxygens (including phenoxy) is 1. The first-order valence-corrected chi connectivity index (χ1v) is 7.19. The third-order valence-corrected chi connectivity index (χ3v) is 3.59. The number of hydrogen-bond donors (Lipinski definition) is 1. The van der Waals surface area contributed by atoms with Gasteiger partial charge in [-0.1, -0.05) is 35.5 Å². The largest absolute Gasteiger partial charge is 0.489 e. The summed E-state index contributed by atoms with van der Waals surface area (Å²) >= 11 is 0. The molecular weight excluding hydrogens is 323 g/mol. The molecule has 2 aromatic carbocycles. The lowest BCUT2D eigenvalue weighted by molar-refractivity contribution is -0.355. The minimum Gasteiger partial charge on any atom is -0.489 e. The van der Waals surface area contributed by atoms with Crippen molar-refractivity contribution < 1.29 is 27.9 Å². The zero-order valence-corrected chi connectivity index (χ0v) is 12.5. The highest BCUT2D eigenvalue weighted by atomic mass is 19.4. The number of oxime groups is 1. The Labute approximate surface area is 136 Å². The predicted molar refractivity (Wildman–Crippen MR) is 80.5 cm³/mol. The van der Waals surface area contributed by atoms with E-state index in [0.717, 1.165) is 5.56 Å². The first-order valence-electron chi connectivity index (χ1n) is 7.19. The molecule has 1 atom stereocenters. The second kappa shape index (κ2) is 6.16. The highest BCUT2D eigenvalue weighted by Gasteiger charge is 2.60. The van der Waals surface area contributed by atoms with Crippen LogP contribution in [0.25, 0.3) is 0 Å². The molecule has 1 unspecified atom stereocenters. The predicted octanol–water partition coefficient (Wildman–Crippen LogP) is 3.64. The maximum atomic E-state index is 12.7. The molecule has 126 valence electrons. The third kappa shape index (κ3) is 3.35. The second-order valence-corrected chi connectivity index (χ2v) is 5.39. The molecule has 0 aromatic heterocycles. The van der Waals surface area contributed by atoms with Crippen LogP contribution in [0.2, 0.25) is 0 Å². The van der Waals surface area contributed by atoms with E-state index in [0.29, 0.717) is 17.9 Å². The Morgan fingerprint density at radius 3 is 2.33 bits per heavy atom. The molecule has 2 aromatic rings. The van der Waals surface area contributed by atoms with Crippen molar-refractivity contribution in [2.45, 2.75) is 25.0 Å². The standard InChI is InChI=1S/C17H14F3NO3/c18-17(19,20)16(22)10-15(21-24-16)13-6-8-14(9-7-13)23-11-12-4-2-1-3-5-12/h1-9,22H,10-11H2. The SMILES string of the molecule is OC1(C(F)(F)F)CC(c2ccc(OCc3ccccc3)cc2)=NO1. The van der Waals surface area contributed by atoms with Crippen LogP contribution in [0.4, 0.5) is 13.2 Å². The lowest BCUT2D eigenvalue weighted by Crippen LogP contribution is -2.45. The quantitative estimate of drug-likeness (QED) is 0.927. The van der Waals surface area contributed by atoms with E-state index in [2.05, 4.69) is 9.99 Å². The van der Waals surface area contributed by atoms with Crippen LogP contribution < -0.4 is 4.74 Å². The zero-order chi connectivity index (χ0) is 17.2. The average molecular weight is 337 g/mol. The summed E-state index contributed by atoms with van der Waals surface area (Å²) in [5.74, 6) is -2.68. The molecule has 1 aliphatic rings. The molecule has 0 radical (unpaired) electrons. The summed E-state index contributed by atoms with van der Waals surface area (Å²) in [7, 11) is 0. The fourth-order valence-electron chi connectivity index (χ4n) is 2.21. The molecule has 7 heteroatoms. The van der Waals surface area contributed by atoms with Crippen molar-refractivity contribution in [3.63, 3.8) is 0 Å². The van der Waals surface area contributed by atoms with Crippen molar-refractivity contribution >= 4 is 5.71 Å². The molecule has 0 aliphatic carbocycles. The third-order valence-electron chi connectivity index (χ3n) is 3.59. The molecular formula is C17H14F3NO3. The van der Waals surface area contributed by atoms with E-state index in [1.807, 2.05) is 30.3 Å². The molecule has 0 saturated heterocycles. The van der Waals surface area contributed by atoms with Crippen LogP contribution >= 0.6 is 0 Å². The molecule has 0 saturated carbocycles. The number of rotatable bonds is 4. The van der Waals surface area contributed by atoms with Crippen LogP contribution in [0.3, 0.4) is 0 Å². The summed E-state index contributed by atoms with van der Waals surface area (Å²) in [5.41, 5.74) is 1.47. The van der Waals surface area contributed by atoms with Gasteiger partial charge in [-0.25, -0.2) is 0 Å². The van der Waals surface area contributed by atoms with Gasteiger partial charge in [0.15, 0.2) is 0 Å². The van der Waals surface area contributed by atoms with Gasteiger partial charge < -0.3 is 14.7 Å². The Morgan fingerprint density at radius 2 is 1.75 bits per heavy atom.